The van der Waals surface area contributed by atoms with Gasteiger partial charge in [0.2, 0.25) is 5.95 Å². The van der Waals surface area contributed by atoms with Gasteiger partial charge in [-0.2, -0.15) is 0 Å². The molecule has 0 aliphatic carbocycles. The van der Waals surface area contributed by atoms with Gasteiger partial charge >= 0.3 is 0 Å². The predicted octanol–water partition coefficient (Wildman–Crippen LogP) is 3.00. The lowest BCUT2D eigenvalue weighted by molar-refractivity contribution is 0.269. The van der Waals surface area contributed by atoms with Gasteiger partial charge in [0, 0.05) is 31.0 Å². The van der Waals surface area contributed by atoms with Gasteiger partial charge in [0.15, 0.2) is 0 Å². The molecule has 4 nitrogen and oxygen atoms in total. The summed E-state index contributed by atoms with van der Waals surface area (Å²) < 4.78 is 2.17. The highest BCUT2D eigenvalue weighted by Crippen LogP contribution is 2.12. The molecule has 1 rings (SSSR count). The molecule has 1 heterocycles. The summed E-state index contributed by atoms with van der Waals surface area (Å²) in [7, 11) is 2.18. The highest BCUT2D eigenvalue weighted by Gasteiger charge is 2.05. The molecule has 4 heteroatoms. The van der Waals surface area contributed by atoms with Crippen molar-refractivity contribution in [1.29, 1.82) is 0 Å². The Kier molecular flexibility index (Phi) is 6.19. The Labute approximate surface area is 111 Å². The van der Waals surface area contributed by atoms with E-state index in [0.717, 1.165) is 19.0 Å². The molecule has 0 spiro atoms. The lowest BCUT2D eigenvalue weighted by Crippen LogP contribution is -2.27. The van der Waals surface area contributed by atoms with Crippen LogP contribution in [0.2, 0.25) is 0 Å². The van der Waals surface area contributed by atoms with Gasteiger partial charge in [0.05, 0.1) is 0 Å². The van der Waals surface area contributed by atoms with Gasteiger partial charge in [0.1, 0.15) is 0 Å². The summed E-state index contributed by atoms with van der Waals surface area (Å²) in [6, 6.07) is 1.10. The average Bonchev–Trinajstić information content (AvgIpc) is 2.76. The summed E-state index contributed by atoms with van der Waals surface area (Å²) in [4.78, 5) is 6.72. The Morgan fingerprint density at radius 1 is 1.28 bits per heavy atom. The number of nitrogens with zero attached hydrogens (tertiary/aromatic N) is 3. The van der Waals surface area contributed by atoms with Crippen molar-refractivity contribution in [2.24, 2.45) is 0 Å². The summed E-state index contributed by atoms with van der Waals surface area (Å²) >= 11 is 0. The van der Waals surface area contributed by atoms with Crippen LogP contribution in [-0.4, -0.2) is 40.6 Å². The fraction of sp³-hybridized carbons (Fsp3) is 0.786. The second-order valence-corrected chi connectivity index (χ2v) is 5.46. The zero-order valence-corrected chi connectivity index (χ0v) is 12.5. The van der Waals surface area contributed by atoms with Crippen LogP contribution in [0.3, 0.4) is 0 Å². The van der Waals surface area contributed by atoms with Crippen molar-refractivity contribution in [2.45, 2.75) is 52.6 Å². The number of hydrogen-bond donors (Lipinski definition) is 1. The van der Waals surface area contributed by atoms with Gasteiger partial charge in [-0.25, -0.2) is 4.98 Å². The zero-order valence-electron chi connectivity index (χ0n) is 12.5. The van der Waals surface area contributed by atoms with Crippen LogP contribution in [0.1, 0.15) is 46.6 Å². The minimum Gasteiger partial charge on any atom is -0.356 e. The van der Waals surface area contributed by atoms with Crippen LogP contribution in [0.4, 0.5) is 5.95 Å². The lowest BCUT2D eigenvalue weighted by Gasteiger charge is -2.20. The molecule has 0 fully saturated rings. The Hall–Kier alpha value is -1.03. The Morgan fingerprint density at radius 3 is 2.61 bits per heavy atom. The van der Waals surface area contributed by atoms with E-state index >= 15 is 0 Å². The van der Waals surface area contributed by atoms with E-state index < -0.39 is 0 Å². The van der Waals surface area contributed by atoms with Crippen molar-refractivity contribution in [2.75, 3.05) is 25.5 Å². The molecular weight excluding hydrogens is 224 g/mol. The normalized spacial score (nSPS) is 11.8. The summed E-state index contributed by atoms with van der Waals surface area (Å²) in [6.45, 7) is 11.0. The van der Waals surface area contributed by atoms with E-state index in [1.807, 2.05) is 12.4 Å². The van der Waals surface area contributed by atoms with Crippen molar-refractivity contribution < 1.29 is 0 Å². The average molecular weight is 252 g/mol. The quantitative estimate of drug-likeness (QED) is 0.722. The standard InChI is InChI=1S/C14H28N4/c1-12(2)17(5)10-7-6-8-15-14-16-9-11-18(14)13(3)4/h9,11-13H,6-8,10H2,1-5H3,(H,15,16). The fourth-order valence-electron chi connectivity index (χ4n) is 1.81. The topological polar surface area (TPSA) is 33.1 Å². The third-order valence-electron chi connectivity index (χ3n) is 3.33. The zero-order chi connectivity index (χ0) is 13.5. The van der Waals surface area contributed by atoms with Gasteiger partial charge in [-0.15, -0.1) is 0 Å². The van der Waals surface area contributed by atoms with E-state index in [0.29, 0.717) is 12.1 Å². The van der Waals surface area contributed by atoms with E-state index in [4.69, 9.17) is 0 Å². The van der Waals surface area contributed by atoms with Gasteiger partial charge in [-0.05, 0) is 54.1 Å². The van der Waals surface area contributed by atoms with Gasteiger partial charge in [-0.1, -0.05) is 0 Å². The number of imidazole rings is 1. The third kappa shape index (κ3) is 4.69. The second kappa shape index (κ2) is 7.41. The number of hydrogen-bond acceptors (Lipinski definition) is 3. The lowest BCUT2D eigenvalue weighted by atomic mass is 10.2. The molecule has 0 atom stereocenters. The van der Waals surface area contributed by atoms with Crippen LogP contribution in [0.5, 0.6) is 0 Å². The maximum absolute atomic E-state index is 4.34. The van der Waals surface area contributed by atoms with Crippen molar-refractivity contribution in [3.63, 3.8) is 0 Å². The molecule has 0 unspecified atom stereocenters. The number of rotatable bonds is 8. The predicted molar refractivity (Wildman–Crippen MR) is 78.1 cm³/mol. The van der Waals surface area contributed by atoms with Gasteiger partial charge in [0.25, 0.3) is 0 Å². The molecular formula is C14H28N4. The summed E-state index contributed by atoms with van der Waals surface area (Å²) in [5, 5.41) is 3.41. The van der Waals surface area contributed by atoms with Crippen LogP contribution >= 0.6 is 0 Å². The van der Waals surface area contributed by atoms with Crippen molar-refractivity contribution >= 4 is 5.95 Å². The van der Waals surface area contributed by atoms with Crippen LogP contribution in [-0.2, 0) is 0 Å². The van der Waals surface area contributed by atoms with E-state index in [-0.39, 0.29) is 0 Å². The minimum absolute atomic E-state index is 0.460. The molecule has 1 aromatic rings. The van der Waals surface area contributed by atoms with E-state index in [1.165, 1.54) is 12.8 Å². The number of anilines is 1. The minimum atomic E-state index is 0.460. The van der Waals surface area contributed by atoms with Crippen molar-refractivity contribution in [1.82, 2.24) is 14.5 Å². The monoisotopic (exact) mass is 252 g/mol. The highest BCUT2D eigenvalue weighted by molar-refractivity contribution is 5.26. The molecule has 0 amide bonds. The van der Waals surface area contributed by atoms with Crippen LogP contribution < -0.4 is 5.32 Å². The molecule has 18 heavy (non-hydrogen) atoms. The Bertz CT molecular complexity index is 330. The van der Waals surface area contributed by atoms with E-state index in [9.17, 15) is 0 Å². The smallest absolute Gasteiger partial charge is 0.203 e. The molecule has 0 saturated carbocycles. The number of unbranched alkanes of at least 4 members (excludes halogenated alkanes) is 1. The Morgan fingerprint density at radius 2 is 2.00 bits per heavy atom. The first-order valence-corrected chi connectivity index (χ1v) is 6.99. The molecule has 1 N–H and O–H groups in total. The molecule has 0 aliphatic rings. The molecule has 0 aliphatic heterocycles. The first-order chi connectivity index (χ1) is 8.52. The molecule has 0 saturated heterocycles. The first kappa shape index (κ1) is 15.0. The Balaban J connectivity index is 2.20. The largest absolute Gasteiger partial charge is 0.356 e. The van der Waals surface area contributed by atoms with Gasteiger partial charge < -0.3 is 14.8 Å². The summed E-state index contributed by atoms with van der Waals surface area (Å²) in [5.41, 5.74) is 0. The number of aromatic nitrogens is 2. The van der Waals surface area contributed by atoms with E-state index in [2.05, 4.69) is 54.5 Å². The SMILES string of the molecule is CC(C)N(C)CCCCNc1nccn1C(C)C. The van der Waals surface area contributed by atoms with Crippen LogP contribution in [0.15, 0.2) is 12.4 Å². The fourth-order valence-corrected chi connectivity index (χ4v) is 1.81. The van der Waals surface area contributed by atoms with Crippen molar-refractivity contribution in [3.8, 4) is 0 Å². The second-order valence-electron chi connectivity index (χ2n) is 5.46. The molecule has 1 aromatic heterocycles. The summed E-state index contributed by atoms with van der Waals surface area (Å²) in [5.74, 6) is 0.988. The van der Waals surface area contributed by atoms with Gasteiger partial charge in [-0.3, -0.25) is 0 Å². The molecule has 0 bridgehead atoms. The number of nitrogens with one attached hydrogen (secondary N) is 1. The third-order valence-corrected chi connectivity index (χ3v) is 3.33. The molecule has 0 radical (unpaired) electrons. The van der Waals surface area contributed by atoms with Crippen LogP contribution in [0.25, 0.3) is 0 Å². The molecule has 0 aromatic carbocycles. The highest BCUT2D eigenvalue weighted by atomic mass is 15.2. The van der Waals surface area contributed by atoms with Crippen molar-refractivity contribution in [3.05, 3.63) is 12.4 Å². The summed E-state index contributed by atoms with van der Waals surface area (Å²) in [6.07, 6.45) is 6.29. The van der Waals surface area contributed by atoms with Crippen LogP contribution in [0, 0.1) is 0 Å². The molecule has 104 valence electrons. The maximum atomic E-state index is 4.34. The first-order valence-electron chi connectivity index (χ1n) is 6.99. The maximum Gasteiger partial charge on any atom is 0.203 e. The van der Waals surface area contributed by atoms with E-state index in [1.54, 1.807) is 0 Å².